The molecule has 0 saturated carbocycles. The van der Waals surface area contributed by atoms with Gasteiger partial charge in [-0.15, -0.1) is 0 Å². The first-order valence-electron chi connectivity index (χ1n) is 6.38. The molecule has 0 aliphatic heterocycles. The van der Waals surface area contributed by atoms with E-state index in [2.05, 4.69) is 63.2 Å². The van der Waals surface area contributed by atoms with E-state index in [9.17, 15) is 0 Å². The van der Waals surface area contributed by atoms with Gasteiger partial charge in [0.2, 0.25) is 0 Å². The van der Waals surface area contributed by atoms with Crippen molar-refractivity contribution < 1.29 is 0 Å². The highest BCUT2D eigenvalue weighted by Gasteiger charge is 2.37. The van der Waals surface area contributed by atoms with E-state index in [0.29, 0.717) is 0 Å². The van der Waals surface area contributed by atoms with Crippen LogP contribution in [0.15, 0.2) is 42.5 Å². The number of fused-ring (bicyclic) bond motifs is 3. The quantitative estimate of drug-likeness (QED) is 0.656. The second-order valence-electron chi connectivity index (χ2n) is 5.28. The lowest BCUT2D eigenvalue weighted by Crippen LogP contribution is -2.19. The average Bonchev–Trinajstić information content (AvgIpc) is 2.61. The van der Waals surface area contributed by atoms with Gasteiger partial charge in [-0.2, -0.15) is 0 Å². The fraction of sp³-hybridized carbons (Fsp3) is 0.294. The number of benzene rings is 2. The van der Waals surface area contributed by atoms with Crippen LogP contribution in [0.2, 0.25) is 0 Å². The van der Waals surface area contributed by atoms with E-state index in [4.69, 9.17) is 0 Å². The van der Waals surface area contributed by atoms with Crippen LogP contribution in [0, 0.1) is 6.92 Å². The Labute approximate surface area is 103 Å². The van der Waals surface area contributed by atoms with Gasteiger partial charge in [0.25, 0.3) is 0 Å². The van der Waals surface area contributed by atoms with Crippen LogP contribution in [0.4, 0.5) is 0 Å². The van der Waals surface area contributed by atoms with E-state index in [0.717, 1.165) is 6.42 Å². The molecular formula is C17H18. The van der Waals surface area contributed by atoms with Crippen molar-refractivity contribution in [2.45, 2.75) is 32.6 Å². The molecule has 0 heterocycles. The normalized spacial score (nSPS) is 21.1. The van der Waals surface area contributed by atoms with Crippen LogP contribution in [0.1, 0.15) is 37.0 Å². The molecule has 2 aromatic carbocycles. The summed E-state index contributed by atoms with van der Waals surface area (Å²) in [6.07, 6.45) is 1.15. The predicted molar refractivity (Wildman–Crippen MR) is 73.4 cm³/mol. The molecule has 86 valence electrons. The van der Waals surface area contributed by atoms with E-state index in [1.165, 1.54) is 27.8 Å². The number of hydrogen-bond donors (Lipinski definition) is 0. The first-order chi connectivity index (χ1) is 8.16. The molecule has 0 radical (unpaired) electrons. The van der Waals surface area contributed by atoms with Crippen LogP contribution >= 0.6 is 0 Å². The van der Waals surface area contributed by atoms with Crippen LogP contribution < -0.4 is 0 Å². The maximum atomic E-state index is 2.37. The van der Waals surface area contributed by atoms with Gasteiger partial charge in [-0.25, -0.2) is 0 Å². The van der Waals surface area contributed by atoms with E-state index in [1.54, 1.807) is 0 Å². The van der Waals surface area contributed by atoms with Crippen molar-refractivity contribution in [3.63, 3.8) is 0 Å². The molecule has 1 aliphatic rings. The fourth-order valence-electron chi connectivity index (χ4n) is 3.07. The van der Waals surface area contributed by atoms with Crippen LogP contribution in [0.3, 0.4) is 0 Å². The molecule has 3 rings (SSSR count). The lowest BCUT2D eigenvalue weighted by molar-refractivity contribution is 0.564. The van der Waals surface area contributed by atoms with Crippen LogP contribution in [0.5, 0.6) is 0 Å². The third-order valence-corrected chi connectivity index (χ3v) is 4.29. The summed E-state index contributed by atoms with van der Waals surface area (Å²) in [4.78, 5) is 0. The summed E-state index contributed by atoms with van der Waals surface area (Å²) in [7, 11) is 0. The fourth-order valence-corrected chi connectivity index (χ4v) is 3.07. The topological polar surface area (TPSA) is 0 Å². The molecule has 0 saturated heterocycles. The summed E-state index contributed by atoms with van der Waals surface area (Å²) in [5.41, 5.74) is 7.39. The van der Waals surface area contributed by atoms with Crippen LogP contribution in [-0.4, -0.2) is 0 Å². The summed E-state index contributed by atoms with van der Waals surface area (Å²) in [6.45, 7) is 6.84. The van der Waals surface area contributed by atoms with Gasteiger partial charge in [0, 0.05) is 5.41 Å². The Bertz CT molecular complexity index is 580. The first-order valence-corrected chi connectivity index (χ1v) is 6.38. The zero-order chi connectivity index (χ0) is 12.0. The minimum absolute atomic E-state index is 0.192. The van der Waals surface area contributed by atoms with Gasteiger partial charge in [0.05, 0.1) is 0 Å². The molecule has 0 spiro atoms. The third-order valence-electron chi connectivity index (χ3n) is 4.29. The van der Waals surface area contributed by atoms with E-state index in [-0.39, 0.29) is 5.41 Å². The Hall–Kier alpha value is -1.56. The molecule has 0 bridgehead atoms. The van der Waals surface area contributed by atoms with Gasteiger partial charge < -0.3 is 0 Å². The third kappa shape index (κ3) is 1.30. The minimum atomic E-state index is 0.192. The summed E-state index contributed by atoms with van der Waals surface area (Å²) in [6, 6.07) is 15.7. The Balaban J connectivity index is 2.38. The van der Waals surface area contributed by atoms with Gasteiger partial charge in [0.1, 0.15) is 0 Å². The van der Waals surface area contributed by atoms with Crippen molar-refractivity contribution in [1.29, 1.82) is 0 Å². The molecule has 1 unspecified atom stereocenters. The van der Waals surface area contributed by atoms with Crippen molar-refractivity contribution >= 4 is 0 Å². The standard InChI is InChI=1S/C17H18/c1-4-17(3)15-8-6-5-7-13(15)14-10-9-12(2)11-16(14)17/h5-11H,4H2,1-3H3. The molecule has 0 aromatic heterocycles. The highest BCUT2D eigenvalue weighted by Crippen LogP contribution is 2.50. The molecule has 17 heavy (non-hydrogen) atoms. The zero-order valence-electron chi connectivity index (χ0n) is 10.7. The van der Waals surface area contributed by atoms with Crippen molar-refractivity contribution in [3.05, 3.63) is 59.2 Å². The van der Waals surface area contributed by atoms with Crippen LogP contribution in [0.25, 0.3) is 11.1 Å². The molecule has 0 nitrogen and oxygen atoms in total. The smallest absolute Gasteiger partial charge is 0.0184 e. The maximum Gasteiger partial charge on any atom is 0.0184 e. The summed E-state index contributed by atoms with van der Waals surface area (Å²) >= 11 is 0. The zero-order valence-corrected chi connectivity index (χ0v) is 10.7. The molecular weight excluding hydrogens is 204 g/mol. The van der Waals surface area contributed by atoms with E-state index in [1.807, 2.05) is 0 Å². The molecule has 2 aromatic rings. The molecule has 0 fully saturated rings. The SMILES string of the molecule is CCC1(C)c2ccccc2-c2ccc(C)cc21. The second kappa shape index (κ2) is 3.46. The summed E-state index contributed by atoms with van der Waals surface area (Å²) in [5.74, 6) is 0. The monoisotopic (exact) mass is 222 g/mol. The van der Waals surface area contributed by atoms with Gasteiger partial charge in [-0.3, -0.25) is 0 Å². The highest BCUT2D eigenvalue weighted by molar-refractivity contribution is 5.81. The van der Waals surface area contributed by atoms with Gasteiger partial charge in [-0.1, -0.05) is 61.9 Å². The van der Waals surface area contributed by atoms with Crippen molar-refractivity contribution in [3.8, 4) is 11.1 Å². The van der Waals surface area contributed by atoms with Gasteiger partial charge in [-0.05, 0) is 35.6 Å². The maximum absolute atomic E-state index is 2.37. The summed E-state index contributed by atoms with van der Waals surface area (Å²) < 4.78 is 0. The van der Waals surface area contributed by atoms with Crippen LogP contribution in [-0.2, 0) is 5.41 Å². The Morgan fingerprint density at radius 2 is 1.65 bits per heavy atom. The molecule has 0 N–H and O–H groups in total. The number of aryl methyl sites for hydroxylation is 1. The largest absolute Gasteiger partial charge is 0.0642 e. The van der Waals surface area contributed by atoms with E-state index >= 15 is 0 Å². The molecule has 0 amide bonds. The van der Waals surface area contributed by atoms with Gasteiger partial charge >= 0.3 is 0 Å². The predicted octanol–water partition coefficient (Wildman–Crippen LogP) is 4.69. The van der Waals surface area contributed by atoms with Crippen molar-refractivity contribution in [2.24, 2.45) is 0 Å². The minimum Gasteiger partial charge on any atom is -0.0642 e. The number of hydrogen-bond acceptors (Lipinski definition) is 0. The van der Waals surface area contributed by atoms with Crippen molar-refractivity contribution in [2.75, 3.05) is 0 Å². The average molecular weight is 222 g/mol. The highest BCUT2D eigenvalue weighted by atomic mass is 14.4. The molecule has 0 heteroatoms. The molecule has 1 aliphatic carbocycles. The Morgan fingerprint density at radius 3 is 2.41 bits per heavy atom. The van der Waals surface area contributed by atoms with E-state index < -0.39 is 0 Å². The second-order valence-corrected chi connectivity index (χ2v) is 5.28. The van der Waals surface area contributed by atoms with Crippen molar-refractivity contribution in [1.82, 2.24) is 0 Å². The first kappa shape index (κ1) is 10.6. The molecule has 1 atom stereocenters. The summed E-state index contributed by atoms with van der Waals surface area (Å²) in [5, 5.41) is 0. The lowest BCUT2D eigenvalue weighted by atomic mass is 9.78. The Morgan fingerprint density at radius 1 is 0.941 bits per heavy atom. The number of rotatable bonds is 1. The van der Waals surface area contributed by atoms with Gasteiger partial charge in [0.15, 0.2) is 0 Å². The Kier molecular flexibility index (Phi) is 2.16. The lowest BCUT2D eigenvalue weighted by Gasteiger charge is -2.25.